The van der Waals surface area contributed by atoms with Gasteiger partial charge in [0.25, 0.3) is 0 Å². The van der Waals surface area contributed by atoms with E-state index >= 15 is 0 Å². The number of aromatic nitrogens is 4. The Morgan fingerprint density at radius 2 is 2.12 bits per heavy atom. The van der Waals surface area contributed by atoms with Crippen LogP contribution in [0.1, 0.15) is 37.8 Å². The molecule has 0 aliphatic heterocycles. The summed E-state index contributed by atoms with van der Waals surface area (Å²) in [6.07, 6.45) is 2.63. The first-order valence-corrected chi connectivity index (χ1v) is 5.50. The molecule has 0 radical (unpaired) electrons. The Bertz CT molecular complexity index is 488. The fourth-order valence-electron chi connectivity index (χ4n) is 1.77. The molecule has 0 fully saturated rings. The molecule has 2 aromatic rings. The average Bonchev–Trinajstić information content (AvgIpc) is 2.59. The van der Waals surface area contributed by atoms with E-state index < -0.39 is 0 Å². The molecular formula is C11H17N5. The molecule has 1 atom stereocenters. The number of nitrogens with zero attached hydrogens (tertiary/aromatic N) is 4. The van der Waals surface area contributed by atoms with E-state index in [1.807, 2.05) is 17.4 Å². The minimum absolute atomic E-state index is 0.0838. The van der Waals surface area contributed by atoms with Crippen LogP contribution in [0.5, 0.6) is 0 Å². The van der Waals surface area contributed by atoms with Gasteiger partial charge < -0.3 is 5.73 Å². The van der Waals surface area contributed by atoms with Gasteiger partial charge in [-0.1, -0.05) is 13.8 Å². The number of hydrogen-bond acceptors (Lipinski definition) is 4. The van der Waals surface area contributed by atoms with E-state index in [1.54, 1.807) is 6.33 Å². The van der Waals surface area contributed by atoms with Crippen molar-refractivity contribution >= 4 is 5.65 Å². The van der Waals surface area contributed by atoms with Crippen LogP contribution < -0.4 is 5.73 Å². The Morgan fingerprint density at radius 1 is 1.38 bits per heavy atom. The van der Waals surface area contributed by atoms with Crippen LogP contribution in [0.2, 0.25) is 0 Å². The van der Waals surface area contributed by atoms with Crippen molar-refractivity contribution in [3.05, 3.63) is 23.9 Å². The zero-order valence-electron chi connectivity index (χ0n) is 9.88. The Morgan fingerprint density at radius 3 is 2.81 bits per heavy atom. The molecule has 0 amide bonds. The molecule has 2 aromatic heterocycles. The number of nitrogens with two attached hydrogens (primary N) is 1. The summed E-state index contributed by atoms with van der Waals surface area (Å²) in [5, 5.41) is 8.24. The van der Waals surface area contributed by atoms with Crippen LogP contribution in [0, 0.1) is 12.8 Å². The lowest BCUT2D eigenvalue weighted by molar-refractivity contribution is 0.490. The van der Waals surface area contributed by atoms with Gasteiger partial charge >= 0.3 is 0 Å². The van der Waals surface area contributed by atoms with Crippen LogP contribution in [0.15, 0.2) is 12.4 Å². The van der Waals surface area contributed by atoms with E-state index in [0.717, 1.165) is 23.6 Å². The molecule has 0 spiro atoms. The van der Waals surface area contributed by atoms with Crippen molar-refractivity contribution < 1.29 is 0 Å². The summed E-state index contributed by atoms with van der Waals surface area (Å²) in [5.41, 5.74) is 7.83. The number of fused-ring (bicyclic) bond motifs is 1. The van der Waals surface area contributed by atoms with Crippen molar-refractivity contribution in [3.8, 4) is 0 Å². The molecule has 0 saturated heterocycles. The van der Waals surface area contributed by atoms with Gasteiger partial charge in [0.2, 0.25) is 0 Å². The summed E-state index contributed by atoms with van der Waals surface area (Å²) in [6, 6.07) is 1.82. The highest BCUT2D eigenvalue weighted by Crippen LogP contribution is 2.17. The summed E-state index contributed by atoms with van der Waals surface area (Å²) in [7, 11) is 0. The Hall–Kier alpha value is -1.49. The molecule has 0 bridgehead atoms. The summed E-state index contributed by atoms with van der Waals surface area (Å²) < 4.78 is 1.86. The molecule has 2 rings (SSSR count). The van der Waals surface area contributed by atoms with E-state index in [-0.39, 0.29) is 6.04 Å². The van der Waals surface area contributed by atoms with E-state index in [2.05, 4.69) is 29.0 Å². The monoisotopic (exact) mass is 219 g/mol. The predicted octanol–water partition coefficient (Wildman–Crippen LogP) is 1.48. The van der Waals surface area contributed by atoms with Crippen molar-refractivity contribution in [2.75, 3.05) is 0 Å². The maximum Gasteiger partial charge on any atom is 0.163 e. The molecule has 5 heteroatoms. The Labute approximate surface area is 94.7 Å². The van der Waals surface area contributed by atoms with Gasteiger partial charge in [-0.25, -0.2) is 4.98 Å². The van der Waals surface area contributed by atoms with Crippen LogP contribution in [-0.2, 0) is 0 Å². The normalized spacial score (nSPS) is 13.6. The van der Waals surface area contributed by atoms with Crippen molar-refractivity contribution in [1.29, 1.82) is 0 Å². The number of hydrogen-bond donors (Lipinski definition) is 1. The van der Waals surface area contributed by atoms with Crippen molar-refractivity contribution in [2.45, 2.75) is 33.2 Å². The lowest BCUT2D eigenvalue weighted by atomic mass is 10.0. The minimum atomic E-state index is -0.0838. The van der Waals surface area contributed by atoms with Crippen molar-refractivity contribution in [2.24, 2.45) is 11.7 Å². The van der Waals surface area contributed by atoms with E-state index in [9.17, 15) is 0 Å². The third-order valence-electron chi connectivity index (χ3n) is 2.52. The second-order valence-corrected chi connectivity index (χ2v) is 4.55. The zero-order chi connectivity index (χ0) is 11.7. The first-order valence-electron chi connectivity index (χ1n) is 5.50. The first kappa shape index (κ1) is 11.0. The van der Waals surface area contributed by atoms with Crippen molar-refractivity contribution in [3.63, 3.8) is 0 Å². The van der Waals surface area contributed by atoms with Gasteiger partial charge in [0.1, 0.15) is 6.33 Å². The van der Waals surface area contributed by atoms with Gasteiger partial charge in [0, 0.05) is 11.8 Å². The molecule has 16 heavy (non-hydrogen) atoms. The topological polar surface area (TPSA) is 69.1 Å². The molecule has 0 aliphatic rings. The third-order valence-corrected chi connectivity index (χ3v) is 2.52. The van der Waals surface area contributed by atoms with E-state index in [0.29, 0.717) is 5.92 Å². The fraction of sp³-hybridized carbons (Fsp3) is 0.545. The largest absolute Gasteiger partial charge is 0.321 e. The molecule has 86 valence electrons. The highest BCUT2D eigenvalue weighted by molar-refractivity contribution is 5.38. The molecule has 0 aromatic carbocycles. The second-order valence-electron chi connectivity index (χ2n) is 4.55. The Balaban J connectivity index is 2.38. The Kier molecular flexibility index (Phi) is 2.87. The summed E-state index contributed by atoms with van der Waals surface area (Å²) in [6.45, 7) is 6.22. The summed E-state index contributed by atoms with van der Waals surface area (Å²) >= 11 is 0. The minimum Gasteiger partial charge on any atom is -0.321 e. The van der Waals surface area contributed by atoms with Crippen LogP contribution in [0.25, 0.3) is 5.65 Å². The molecule has 0 aliphatic carbocycles. The van der Waals surface area contributed by atoms with Gasteiger partial charge in [0.15, 0.2) is 11.5 Å². The SMILES string of the molecule is Cc1cc2nnc(C(N)CC(C)C)n2cn1. The summed E-state index contributed by atoms with van der Waals surface area (Å²) in [4.78, 5) is 4.23. The molecule has 5 nitrogen and oxygen atoms in total. The fourth-order valence-corrected chi connectivity index (χ4v) is 1.77. The highest BCUT2D eigenvalue weighted by atomic mass is 15.3. The molecule has 2 N–H and O–H groups in total. The standard InChI is InChI=1S/C11H17N5/c1-7(2)4-9(12)11-15-14-10-5-8(3)13-6-16(10)11/h5-7,9H,4,12H2,1-3H3. The molecule has 0 saturated carbocycles. The smallest absolute Gasteiger partial charge is 0.163 e. The molecule has 1 unspecified atom stereocenters. The second kappa shape index (κ2) is 4.17. The van der Waals surface area contributed by atoms with Gasteiger partial charge in [-0.15, -0.1) is 10.2 Å². The quantitative estimate of drug-likeness (QED) is 0.848. The van der Waals surface area contributed by atoms with Crippen molar-refractivity contribution in [1.82, 2.24) is 19.6 Å². The van der Waals surface area contributed by atoms with Crippen LogP contribution in [0.3, 0.4) is 0 Å². The van der Waals surface area contributed by atoms with Crippen LogP contribution >= 0.6 is 0 Å². The summed E-state index contributed by atoms with van der Waals surface area (Å²) in [5.74, 6) is 1.33. The van der Waals surface area contributed by atoms with E-state index in [1.165, 1.54) is 0 Å². The molecular weight excluding hydrogens is 202 g/mol. The van der Waals surface area contributed by atoms with Crippen LogP contribution in [-0.4, -0.2) is 19.6 Å². The van der Waals surface area contributed by atoms with Gasteiger partial charge in [-0.2, -0.15) is 0 Å². The first-order chi connectivity index (χ1) is 7.58. The van der Waals surface area contributed by atoms with E-state index in [4.69, 9.17) is 5.73 Å². The zero-order valence-corrected chi connectivity index (χ0v) is 9.88. The highest BCUT2D eigenvalue weighted by Gasteiger charge is 2.15. The van der Waals surface area contributed by atoms with Gasteiger partial charge in [-0.05, 0) is 19.3 Å². The number of aryl methyl sites for hydroxylation is 1. The predicted molar refractivity (Wildman–Crippen MR) is 61.9 cm³/mol. The van der Waals surface area contributed by atoms with Crippen LogP contribution in [0.4, 0.5) is 0 Å². The lowest BCUT2D eigenvalue weighted by Gasteiger charge is -2.11. The van der Waals surface area contributed by atoms with Gasteiger partial charge in [-0.3, -0.25) is 4.40 Å². The number of rotatable bonds is 3. The molecule has 2 heterocycles. The average molecular weight is 219 g/mol. The lowest BCUT2D eigenvalue weighted by Crippen LogP contribution is -2.16. The third kappa shape index (κ3) is 2.04. The maximum atomic E-state index is 6.09. The maximum absolute atomic E-state index is 6.09. The van der Waals surface area contributed by atoms with Gasteiger partial charge in [0.05, 0.1) is 6.04 Å².